The maximum atomic E-state index is 12.4. The van der Waals surface area contributed by atoms with E-state index in [-0.39, 0.29) is 11.9 Å². The third-order valence-corrected chi connectivity index (χ3v) is 6.85. The first kappa shape index (κ1) is 22.2. The van der Waals surface area contributed by atoms with E-state index in [4.69, 9.17) is 0 Å². The normalized spacial score (nSPS) is 18.1. The van der Waals surface area contributed by atoms with E-state index < -0.39 is 6.29 Å². The van der Waals surface area contributed by atoms with Crippen molar-refractivity contribution in [2.45, 2.75) is 44.7 Å². The van der Waals surface area contributed by atoms with Gasteiger partial charge in [0.2, 0.25) is 17.0 Å². The van der Waals surface area contributed by atoms with Gasteiger partial charge in [-0.2, -0.15) is 4.68 Å². The molecule has 1 saturated heterocycles. The molecule has 0 saturated carbocycles. The Bertz CT molecular complexity index is 1340. The second kappa shape index (κ2) is 9.35. The monoisotopic (exact) mass is 475 g/mol. The number of hydrogen-bond acceptors (Lipinski definition) is 9. The summed E-state index contributed by atoms with van der Waals surface area (Å²) in [4.78, 5) is 21.7. The summed E-state index contributed by atoms with van der Waals surface area (Å²) in [6.07, 6.45) is -0.130. The summed E-state index contributed by atoms with van der Waals surface area (Å²) in [5.74, 6) is 1.04. The highest BCUT2D eigenvalue weighted by Crippen LogP contribution is 2.23. The van der Waals surface area contributed by atoms with Crippen molar-refractivity contribution < 1.29 is 4.79 Å². The fourth-order valence-electron chi connectivity index (χ4n) is 3.88. The Balaban J connectivity index is 1.27. The summed E-state index contributed by atoms with van der Waals surface area (Å²) < 4.78 is 1.69. The topological polar surface area (TPSA) is 123 Å². The summed E-state index contributed by atoms with van der Waals surface area (Å²) in [7, 11) is 0. The first-order chi connectivity index (χ1) is 16.5. The van der Waals surface area contributed by atoms with Crippen LogP contribution in [0.15, 0.2) is 47.6 Å². The molecule has 2 atom stereocenters. The van der Waals surface area contributed by atoms with Crippen LogP contribution in [0, 0.1) is 20.8 Å². The number of benzene rings is 2. The van der Waals surface area contributed by atoms with E-state index in [0.717, 1.165) is 22.3 Å². The Morgan fingerprint density at radius 3 is 2.74 bits per heavy atom. The smallest absolute Gasteiger partial charge is 0.226 e. The van der Waals surface area contributed by atoms with Crippen LogP contribution in [0.1, 0.15) is 23.2 Å². The lowest BCUT2D eigenvalue weighted by molar-refractivity contribution is -0.123. The van der Waals surface area contributed by atoms with Crippen molar-refractivity contribution in [1.29, 1.82) is 0 Å². The average molecular weight is 476 g/mol. The molecule has 0 aliphatic carbocycles. The first-order valence-electron chi connectivity index (χ1n) is 11.0. The van der Waals surface area contributed by atoms with E-state index in [9.17, 15) is 4.79 Å². The minimum absolute atomic E-state index is 0.0477. The van der Waals surface area contributed by atoms with Crippen LogP contribution in [0.25, 0.3) is 16.6 Å². The lowest BCUT2D eigenvalue weighted by Crippen LogP contribution is -2.60. The van der Waals surface area contributed by atoms with Gasteiger partial charge in [0.15, 0.2) is 6.29 Å². The van der Waals surface area contributed by atoms with Crippen LogP contribution in [-0.4, -0.2) is 54.2 Å². The number of aryl methyl sites for hydroxylation is 3. The summed E-state index contributed by atoms with van der Waals surface area (Å²) >= 11 is 1.50. The minimum Gasteiger partial charge on any atom is -0.323 e. The molecule has 2 aromatic heterocycles. The molecule has 0 spiro atoms. The Kier molecular flexibility index (Phi) is 6.12. The Hall–Kier alpha value is -3.57. The van der Waals surface area contributed by atoms with Crippen LogP contribution in [0.2, 0.25) is 0 Å². The Labute approximate surface area is 200 Å². The van der Waals surface area contributed by atoms with Crippen LogP contribution in [0.5, 0.6) is 0 Å². The number of nitrogens with zero attached hydrogens (tertiary/aromatic N) is 6. The van der Waals surface area contributed by atoms with E-state index in [1.807, 2.05) is 37.3 Å². The van der Waals surface area contributed by atoms with Gasteiger partial charge in [0, 0.05) is 23.6 Å². The van der Waals surface area contributed by atoms with Gasteiger partial charge in [-0.15, -0.1) is 5.10 Å². The molecule has 0 bridgehead atoms. The highest BCUT2D eigenvalue weighted by Gasteiger charge is 2.27. The molecule has 10 nitrogen and oxygen atoms in total. The molecule has 5 rings (SSSR count). The number of tetrazole rings is 1. The SMILES string of the molecule is Cc1cc2nc(NC3NC(=O)CC(CSc4nnnn4-c4ccccc4)N3)nc(C)c2cc1C. The van der Waals surface area contributed by atoms with E-state index >= 15 is 0 Å². The number of anilines is 1. The summed E-state index contributed by atoms with van der Waals surface area (Å²) in [5.41, 5.74) is 5.03. The lowest BCUT2D eigenvalue weighted by atomic mass is 10.1. The average Bonchev–Trinajstić information content (AvgIpc) is 3.28. The van der Waals surface area contributed by atoms with Crippen molar-refractivity contribution in [2.75, 3.05) is 11.1 Å². The first-order valence-corrected chi connectivity index (χ1v) is 12.0. The van der Waals surface area contributed by atoms with Crippen LogP contribution >= 0.6 is 11.8 Å². The van der Waals surface area contributed by atoms with Gasteiger partial charge in [0.05, 0.1) is 16.9 Å². The van der Waals surface area contributed by atoms with E-state index in [1.54, 1.807) is 4.68 Å². The maximum absolute atomic E-state index is 12.4. The molecule has 11 heteroatoms. The molecule has 4 aromatic rings. The highest BCUT2D eigenvalue weighted by molar-refractivity contribution is 7.99. The molecule has 3 N–H and O–H groups in total. The number of carbonyl (C=O) groups is 1. The third-order valence-electron chi connectivity index (χ3n) is 5.77. The standard InChI is InChI=1S/C23H25N9OS/c1-13-9-18-15(3)24-21(26-19(18)10-14(13)2)28-22-25-16(11-20(33)27-22)12-34-23-29-30-31-32(23)17-7-5-4-6-8-17/h4-10,16,22,25H,11-12H2,1-3H3,(H,27,33)(H,24,26,28). The summed E-state index contributed by atoms with van der Waals surface area (Å²) in [6, 6.07) is 13.8. The molecule has 174 valence electrons. The van der Waals surface area contributed by atoms with Gasteiger partial charge in [-0.25, -0.2) is 9.97 Å². The van der Waals surface area contributed by atoms with Crippen LogP contribution in [0.4, 0.5) is 5.95 Å². The molecule has 1 fully saturated rings. The second-order valence-electron chi connectivity index (χ2n) is 8.32. The van der Waals surface area contributed by atoms with Gasteiger partial charge in [0.25, 0.3) is 0 Å². The molecular formula is C23H25N9OS. The van der Waals surface area contributed by atoms with E-state index in [0.29, 0.717) is 23.3 Å². The largest absolute Gasteiger partial charge is 0.323 e. The van der Waals surface area contributed by atoms with E-state index in [2.05, 4.69) is 67.4 Å². The van der Waals surface area contributed by atoms with Crippen LogP contribution < -0.4 is 16.0 Å². The molecule has 1 aliphatic rings. The fraction of sp³-hybridized carbons (Fsp3) is 0.304. The van der Waals surface area contributed by atoms with Gasteiger partial charge in [0.1, 0.15) is 0 Å². The third kappa shape index (κ3) is 4.70. The lowest BCUT2D eigenvalue weighted by Gasteiger charge is -2.31. The number of aromatic nitrogens is 6. The zero-order valence-electron chi connectivity index (χ0n) is 19.1. The van der Waals surface area contributed by atoms with Gasteiger partial charge in [-0.05, 0) is 66.6 Å². The molecule has 1 aliphatic heterocycles. The van der Waals surface area contributed by atoms with Gasteiger partial charge < -0.3 is 10.6 Å². The van der Waals surface area contributed by atoms with Gasteiger partial charge >= 0.3 is 0 Å². The van der Waals surface area contributed by atoms with Gasteiger partial charge in [-0.1, -0.05) is 30.0 Å². The number of carbonyl (C=O) groups excluding carboxylic acids is 1. The summed E-state index contributed by atoms with van der Waals surface area (Å²) in [6.45, 7) is 6.12. The van der Waals surface area contributed by atoms with Crippen molar-refractivity contribution in [1.82, 2.24) is 40.8 Å². The Morgan fingerprint density at radius 2 is 1.91 bits per heavy atom. The number of para-hydroxylation sites is 1. The molecule has 3 heterocycles. The maximum Gasteiger partial charge on any atom is 0.226 e. The molecular weight excluding hydrogens is 450 g/mol. The van der Waals surface area contributed by atoms with Crippen molar-refractivity contribution in [3.63, 3.8) is 0 Å². The van der Waals surface area contributed by atoms with Gasteiger partial charge in [-0.3, -0.25) is 10.1 Å². The van der Waals surface area contributed by atoms with Crippen molar-refractivity contribution in [3.05, 3.63) is 59.3 Å². The van der Waals surface area contributed by atoms with Crippen molar-refractivity contribution >= 4 is 34.5 Å². The quantitative estimate of drug-likeness (QED) is 0.361. The van der Waals surface area contributed by atoms with Crippen LogP contribution in [-0.2, 0) is 4.79 Å². The fourth-order valence-corrected chi connectivity index (χ4v) is 4.80. The number of hydrogen-bond donors (Lipinski definition) is 3. The van der Waals surface area contributed by atoms with E-state index in [1.165, 1.54) is 22.9 Å². The number of fused-ring (bicyclic) bond motifs is 1. The van der Waals surface area contributed by atoms with Crippen molar-refractivity contribution in [2.24, 2.45) is 0 Å². The van der Waals surface area contributed by atoms with Crippen LogP contribution in [0.3, 0.4) is 0 Å². The predicted molar refractivity (Wildman–Crippen MR) is 131 cm³/mol. The van der Waals surface area contributed by atoms with Crippen molar-refractivity contribution in [3.8, 4) is 5.69 Å². The number of amides is 1. The predicted octanol–water partition coefficient (Wildman–Crippen LogP) is 2.50. The zero-order chi connectivity index (χ0) is 23.7. The number of rotatable bonds is 6. The highest BCUT2D eigenvalue weighted by atomic mass is 32.2. The Morgan fingerprint density at radius 1 is 1.12 bits per heavy atom. The minimum atomic E-state index is -0.486. The molecule has 2 unspecified atom stereocenters. The molecule has 34 heavy (non-hydrogen) atoms. The molecule has 0 radical (unpaired) electrons. The summed E-state index contributed by atoms with van der Waals surface area (Å²) in [5, 5.41) is 23.3. The zero-order valence-corrected chi connectivity index (χ0v) is 19.9. The molecule has 2 aromatic carbocycles. The number of thioether (sulfide) groups is 1. The second-order valence-corrected chi connectivity index (χ2v) is 9.31. The molecule has 1 amide bonds. The number of nitrogens with one attached hydrogen (secondary N) is 3.